The van der Waals surface area contributed by atoms with Gasteiger partial charge >= 0.3 is 0 Å². The van der Waals surface area contributed by atoms with Crippen molar-refractivity contribution < 1.29 is 17.6 Å². The molecule has 0 fully saturated rings. The zero-order valence-corrected chi connectivity index (χ0v) is 12.9. The lowest BCUT2D eigenvalue weighted by atomic mass is 10.2. The molecule has 2 rings (SSSR count). The molecule has 0 aliphatic heterocycles. The molecule has 1 N–H and O–H groups in total. The number of amides is 1. The van der Waals surface area contributed by atoms with Gasteiger partial charge in [0.2, 0.25) is 10.0 Å². The van der Waals surface area contributed by atoms with Crippen LogP contribution in [0.4, 0.5) is 0 Å². The molecule has 0 radical (unpaired) electrons. The molecule has 1 aromatic carbocycles. The monoisotopic (exact) mass is 311 g/mol. The lowest BCUT2D eigenvalue weighted by molar-refractivity contribution is 0.0956. The summed E-state index contributed by atoms with van der Waals surface area (Å²) < 4.78 is 29.6. The van der Waals surface area contributed by atoms with E-state index in [0.717, 1.165) is 4.31 Å². The Morgan fingerprint density at radius 2 is 2.10 bits per heavy atom. The van der Waals surface area contributed by atoms with E-state index in [1.54, 1.807) is 25.1 Å². The van der Waals surface area contributed by atoms with Crippen LogP contribution in [0, 0.1) is 6.92 Å². The normalized spacial score (nSPS) is 12.0. The highest BCUT2D eigenvalue weighted by atomic mass is 32.2. The van der Waals surface area contributed by atoms with Gasteiger partial charge in [0, 0.05) is 33.1 Å². The molecule has 1 amide bonds. The van der Waals surface area contributed by atoms with Gasteiger partial charge in [-0.3, -0.25) is 4.79 Å². The number of carbonyl (C=O) groups excluding carboxylic acids is 1. The molecule has 21 heavy (non-hydrogen) atoms. The van der Waals surface area contributed by atoms with E-state index in [4.69, 9.17) is 4.42 Å². The average molecular weight is 311 g/mol. The summed E-state index contributed by atoms with van der Waals surface area (Å²) in [5.41, 5.74) is 1.61. The van der Waals surface area contributed by atoms with Gasteiger partial charge in [-0.15, -0.1) is 0 Å². The van der Waals surface area contributed by atoms with Crippen molar-refractivity contribution in [2.24, 2.45) is 0 Å². The number of oxazole rings is 1. The van der Waals surface area contributed by atoms with E-state index in [2.05, 4.69) is 10.3 Å². The summed E-state index contributed by atoms with van der Waals surface area (Å²) >= 11 is 0. The van der Waals surface area contributed by atoms with Gasteiger partial charge in [0.15, 0.2) is 11.5 Å². The van der Waals surface area contributed by atoms with Crippen molar-refractivity contribution in [3.63, 3.8) is 0 Å². The fourth-order valence-electron chi connectivity index (χ4n) is 1.76. The number of benzene rings is 1. The predicted octanol–water partition coefficient (Wildman–Crippen LogP) is 0.757. The number of rotatable bonds is 5. The average Bonchev–Trinajstić information content (AvgIpc) is 2.77. The van der Waals surface area contributed by atoms with E-state index >= 15 is 0 Å². The molecule has 114 valence electrons. The van der Waals surface area contributed by atoms with Gasteiger partial charge in [0.05, 0.1) is 5.75 Å². The van der Waals surface area contributed by atoms with Crippen LogP contribution in [0.3, 0.4) is 0 Å². The Hall–Kier alpha value is -1.93. The van der Waals surface area contributed by atoms with Gasteiger partial charge in [0.25, 0.3) is 5.91 Å². The first-order valence-corrected chi connectivity index (χ1v) is 7.96. The van der Waals surface area contributed by atoms with Gasteiger partial charge in [-0.2, -0.15) is 0 Å². The number of carbonyl (C=O) groups is 1. The Bertz CT molecular complexity index is 765. The summed E-state index contributed by atoms with van der Waals surface area (Å²) in [7, 11) is -0.406. The fraction of sp³-hybridized carbons (Fsp3) is 0.385. The van der Waals surface area contributed by atoms with Crippen LogP contribution in [0.2, 0.25) is 0 Å². The Morgan fingerprint density at radius 1 is 1.38 bits per heavy atom. The maximum atomic E-state index is 12.0. The number of aromatic nitrogens is 1. The largest absolute Gasteiger partial charge is 0.441 e. The molecule has 0 saturated heterocycles. The molecule has 0 spiro atoms. The van der Waals surface area contributed by atoms with Crippen LogP contribution < -0.4 is 5.32 Å². The van der Waals surface area contributed by atoms with Gasteiger partial charge < -0.3 is 9.73 Å². The highest BCUT2D eigenvalue weighted by molar-refractivity contribution is 7.89. The maximum absolute atomic E-state index is 12.0. The number of hydrogen-bond acceptors (Lipinski definition) is 5. The molecule has 1 heterocycles. The number of fused-ring (bicyclic) bond motifs is 1. The fourth-order valence-corrected chi connectivity index (χ4v) is 2.48. The minimum absolute atomic E-state index is 0.0484. The molecule has 0 aliphatic carbocycles. The van der Waals surface area contributed by atoms with Crippen LogP contribution in [-0.4, -0.2) is 50.0 Å². The molecule has 2 aromatic rings. The van der Waals surface area contributed by atoms with Crippen LogP contribution >= 0.6 is 0 Å². The van der Waals surface area contributed by atoms with E-state index in [1.165, 1.54) is 14.1 Å². The second-order valence-electron chi connectivity index (χ2n) is 4.77. The lowest BCUT2D eigenvalue weighted by Crippen LogP contribution is -2.33. The van der Waals surface area contributed by atoms with Crippen LogP contribution in [0.5, 0.6) is 0 Å². The van der Waals surface area contributed by atoms with Crippen LogP contribution in [0.25, 0.3) is 11.1 Å². The van der Waals surface area contributed by atoms with E-state index in [9.17, 15) is 13.2 Å². The summed E-state index contributed by atoms with van der Waals surface area (Å²) in [6, 6.07) is 4.91. The van der Waals surface area contributed by atoms with E-state index in [-0.39, 0.29) is 18.2 Å². The van der Waals surface area contributed by atoms with E-state index in [0.29, 0.717) is 22.6 Å². The van der Waals surface area contributed by atoms with Gasteiger partial charge in [-0.05, 0) is 18.2 Å². The first kappa shape index (κ1) is 15.5. The second-order valence-corrected chi connectivity index (χ2v) is 7.07. The molecule has 0 saturated carbocycles. The third kappa shape index (κ3) is 3.59. The molecule has 0 aliphatic rings. The van der Waals surface area contributed by atoms with Gasteiger partial charge in [-0.25, -0.2) is 17.7 Å². The van der Waals surface area contributed by atoms with Crippen molar-refractivity contribution in [2.45, 2.75) is 6.92 Å². The molecule has 7 nitrogen and oxygen atoms in total. The Kier molecular flexibility index (Phi) is 4.29. The first-order chi connectivity index (χ1) is 9.79. The number of sulfonamides is 1. The number of nitrogens with zero attached hydrogens (tertiary/aromatic N) is 2. The molecular formula is C13H17N3O4S. The van der Waals surface area contributed by atoms with Crippen LogP contribution in [-0.2, 0) is 10.0 Å². The van der Waals surface area contributed by atoms with Crippen molar-refractivity contribution in [3.05, 3.63) is 29.7 Å². The smallest absolute Gasteiger partial charge is 0.251 e. The van der Waals surface area contributed by atoms with Crippen molar-refractivity contribution >= 4 is 27.0 Å². The third-order valence-electron chi connectivity index (χ3n) is 2.96. The maximum Gasteiger partial charge on any atom is 0.251 e. The lowest BCUT2D eigenvalue weighted by Gasteiger charge is -2.11. The summed E-state index contributed by atoms with van der Waals surface area (Å²) in [5, 5.41) is 2.57. The standard InChI is InChI=1S/C13H17N3O4S/c1-9-15-11-5-4-10(8-12(11)20-9)13(17)14-6-7-21(18,19)16(2)3/h4-5,8H,6-7H2,1-3H3,(H,14,17). The molecule has 0 bridgehead atoms. The summed E-state index contributed by atoms with van der Waals surface area (Å²) in [4.78, 5) is 16.1. The highest BCUT2D eigenvalue weighted by Crippen LogP contribution is 2.16. The summed E-state index contributed by atoms with van der Waals surface area (Å²) in [6.45, 7) is 1.78. The van der Waals surface area contributed by atoms with Crippen molar-refractivity contribution in [2.75, 3.05) is 26.4 Å². The number of nitrogens with one attached hydrogen (secondary N) is 1. The van der Waals surface area contributed by atoms with E-state index < -0.39 is 10.0 Å². The topological polar surface area (TPSA) is 92.5 Å². The number of aryl methyl sites for hydroxylation is 1. The molecule has 1 aromatic heterocycles. The molecular weight excluding hydrogens is 294 g/mol. The van der Waals surface area contributed by atoms with Crippen LogP contribution in [0.1, 0.15) is 16.2 Å². The zero-order valence-electron chi connectivity index (χ0n) is 12.1. The summed E-state index contributed by atoms with van der Waals surface area (Å²) in [5.74, 6) is 0.0367. The van der Waals surface area contributed by atoms with Crippen molar-refractivity contribution in [1.82, 2.24) is 14.6 Å². The molecule has 8 heteroatoms. The Balaban J connectivity index is 2.02. The zero-order chi connectivity index (χ0) is 15.6. The minimum atomic E-state index is -3.32. The Labute approximate surface area is 123 Å². The van der Waals surface area contributed by atoms with Gasteiger partial charge in [0.1, 0.15) is 5.52 Å². The molecule has 0 unspecified atom stereocenters. The van der Waals surface area contributed by atoms with E-state index in [1.807, 2.05) is 0 Å². The second kappa shape index (κ2) is 5.82. The SMILES string of the molecule is Cc1nc2ccc(C(=O)NCCS(=O)(=O)N(C)C)cc2o1. The molecule has 0 atom stereocenters. The highest BCUT2D eigenvalue weighted by Gasteiger charge is 2.14. The van der Waals surface area contributed by atoms with Crippen molar-refractivity contribution in [1.29, 1.82) is 0 Å². The first-order valence-electron chi connectivity index (χ1n) is 6.35. The van der Waals surface area contributed by atoms with Crippen molar-refractivity contribution in [3.8, 4) is 0 Å². The van der Waals surface area contributed by atoms with Crippen LogP contribution in [0.15, 0.2) is 22.6 Å². The Morgan fingerprint density at radius 3 is 2.76 bits per heavy atom. The minimum Gasteiger partial charge on any atom is -0.441 e. The quantitative estimate of drug-likeness (QED) is 0.880. The third-order valence-corrected chi connectivity index (χ3v) is 4.79. The number of hydrogen-bond donors (Lipinski definition) is 1. The van der Waals surface area contributed by atoms with Gasteiger partial charge in [-0.1, -0.05) is 0 Å². The summed E-state index contributed by atoms with van der Waals surface area (Å²) in [6.07, 6.45) is 0. The predicted molar refractivity (Wildman–Crippen MR) is 78.6 cm³/mol.